The van der Waals surface area contributed by atoms with Gasteiger partial charge in [0.1, 0.15) is 11.3 Å². The van der Waals surface area contributed by atoms with Gasteiger partial charge >= 0.3 is 11.6 Å². The number of fused-ring (bicyclic) bond motifs is 1. The van der Waals surface area contributed by atoms with Crippen LogP contribution in [0.2, 0.25) is 0 Å². The van der Waals surface area contributed by atoms with Crippen LogP contribution in [0.1, 0.15) is 44.1 Å². The van der Waals surface area contributed by atoms with Crippen LogP contribution in [0.5, 0.6) is 5.75 Å². The average molecular weight is 373 g/mol. The minimum atomic E-state index is -0.450. The van der Waals surface area contributed by atoms with E-state index in [-0.39, 0.29) is 10.8 Å². The number of hydrogen-bond donors (Lipinski definition) is 0. The minimum Gasteiger partial charge on any atom is -0.426 e. The fourth-order valence-corrected chi connectivity index (χ4v) is 6.67. The van der Waals surface area contributed by atoms with Crippen molar-refractivity contribution in [3.8, 4) is 5.75 Å². The fraction of sp³-hybridized carbons (Fsp3) is 0.524. The van der Waals surface area contributed by atoms with Crippen LogP contribution in [0.4, 0.5) is 0 Å². The van der Waals surface area contributed by atoms with Gasteiger partial charge in [-0.2, -0.15) is 0 Å². The van der Waals surface area contributed by atoms with E-state index >= 15 is 0 Å². The molecular formula is C21H21ClO4. The highest BCUT2D eigenvalue weighted by atomic mass is 35.5. The van der Waals surface area contributed by atoms with Crippen molar-refractivity contribution < 1.29 is 13.9 Å². The van der Waals surface area contributed by atoms with Gasteiger partial charge in [0.05, 0.1) is 5.41 Å². The van der Waals surface area contributed by atoms with Crippen LogP contribution < -0.4 is 10.4 Å². The Kier molecular flexibility index (Phi) is 3.37. The average Bonchev–Trinajstić information content (AvgIpc) is 2.51. The molecule has 1 aromatic heterocycles. The van der Waals surface area contributed by atoms with Crippen molar-refractivity contribution in [1.29, 1.82) is 0 Å². The quantitative estimate of drug-likeness (QED) is 0.335. The van der Waals surface area contributed by atoms with Crippen molar-refractivity contribution in [1.82, 2.24) is 0 Å². The van der Waals surface area contributed by atoms with Crippen LogP contribution in [0.3, 0.4) is 0 Å². The van der Waals surface area contributed by atoms with Gasteiger partial charge in [0, 0.05) is 22.4 Å². The summed E-state index contributed by atoms with van der Waals surface area (Å²) >= 11 is 6.82. The molecule has 5 heteroatoms. The molecule has 136 valence electrons. The number of halogens is 1. The molecule has 4 bridgehead atoms. The van der Waals surface area contributed by atoms with Crippen molar-refractivity contribution in [2.45, 2.75) is 50.3 Å². The van der Waals surface area contributed by atoms with Gasteiger partial charge in [-0.1, -0.05) is 0 Å². The molecular weight excluding hydrogens is 352 g/mol. The summed E-state index contributed by atoms with van der Waals surface area (Å²) in [4.78, 5) is 24.5. The zero-order valence-electron chi connectivity index (χ0n) is 14.7. The van der Waals surface area contributed by atoms with E-state index in [2.05, 4.69) is 0 Å². The molecule has 4 saturated carbocycles. The van der Waals surface area contributed by atoms with Crippen LogP contribution in [0, 0.1) is 24.2 Å². The Morgan fingerprint density at radius 1 is 1.19 bits per heavy atom. The van der Waals surface area contributed by atoms with E-state index in [9.17, 15) is 9.59 Å². The third kappa shape index (κ3) is 2.50. The first-order valence-electron chi connectivity index (χ1n) is 9.30. The monoisotopic (exact) mass is 372 g/mol. The zero-order valence-corrected chi connectivity index (χ0v) is 15.5. The van der Waals surface area contributed by atoms with E-state index in [0.29, 0.717) is 23.2 Å². The van der Waals surface area contributed by atoms with E-state index < -0.39 is 11.0 Å². The molecule has 2 atom stereocenters. The molecule has 0 spiro atoms. The number of esters is 1. The summed E-state index contributed by atoms with van der Waals surface area (Å²) in [5, 5.41) is 0.846. The van der Waals surface area contributed by atoms with Crippen molar-refractivity contribution in [3.05, 3.63) is 40.2 Å². The third-order valence-electron chi connectivity index (χ3n) is 6.56. The van der Waals surface area contributed by atoms with Crippen molar-refractivity contribution in [2.24, 2.45) is 17.3 Å². The Labute approximate surface area is 156 Å². The zero-order chi connectivity index (χ0) is 18.1. The van der Waals surface area contributed by atoms with Crippen LogP contribution in [0.15, 0.2) is 33.5 Å². The highest BCUT2D eigenvalue weighted by molar-refractivity contribution is 6.24. The lowest BCUT2D eigenvalue weighted by Crippen LogP contribution is -2.56. The fourth-order valence-electron chi connectivity index (χ4n) is 5.97. The van der Waals surface area contributed by atoms with E-state index in [0.717, 1.165) is 43.1 Å². The van der Waals surface area contributed by atoms with E-state index in [4.69, 9.17) is 20.8 Å². The maximum atomic E-state index is 13.1. The summed E-state index contributed by atoms with van der Waals surface area (Å²) in [6.07, 6.45) is 5.75. The predicted octanol–water partition coefficient (Wildman–Crippen LogP) is 4.58. The van der Waals surface area contributed by atoms with Crippen molar-refractivity contribution >= 4 is 28.5 Å². The summed E-state index contributed by atoms with van der Waals surface area (Å²) in [5.41, 5.74) is 0.441. The lowest BCUT2D eigenvalue weighted by Gasteiger charge is -2.58. The van der Waals surface area contributed by atoms with Crippen LogP contribution in [-0.4, -0.2) is 10.8 Å². The summed E-state index contributed by atoms with van der Waals surface area (Å²) < 4.78 is 11.0. The number of aryl methyl sites for hydroxylation is 1. The molecule has 0 saturated heterocycles. The number of carbonyl (C=O) groups excluding carboxylic acids is 1. The number of hydrogen-bond acceptors (Lipinski definition) is 4. The number of benzene rings is 1. The highest BCUT2D eigenvalue weighted by Gasteiger charge is 2.60. The maximum Gasteiger partial charge on any atom is 0.336 e. The van der Waals surface area contributed by atoms with Gasteiger partial charge in [-0.05, 0) is 75.0 Å². The van der Waals surface area contributed by atoms with Gasteiger partial charge < -0.3 is 9.15 Å². The minimum absolute atomic E-state index is 0.175. The molecule has 26 heavy (non-hydrogen) atoms. The molecule has 0 N–H and O–H groups in total. The Morgan fingerprint density at radius 2 is 1.92 bits per heavy atom. The second-order valence-electron chi connectivity index (χ2n) is 8.69. The summed E-state index contributed by atoms with van der Waals surface area (Å²) in [7, 11) is 0. The van der Waals surface area contributed by atoms with E-state index in [1.165, 1.54) is 12.5 Å². The molecule has 4 fully saturated rings. The Hall–Kier alpha value is -1.81. The lowest BCUT2D eigenvalue weighted by molar-refractivity contribution is -0.159. The number of rotatable bonds is 2. The van der Waals surface area contributed by atoms with Gasteiger partial charge in [-0.3, -0.25) is 4.79 Å². The standard InChI is InChI=1S/C21H21ClO4/c1-12-4-18(23)26-17-6-15(2-3-16(12)17)25-19(24)20-7-13-5-14(8-20)10-21(22,9-13)11-20/h2-4,6,13-14H,5,7-11H2,1H3/t13-,14-,20?,21?/m1/s1. The molecule has 1 aromatic carbocycles. The SMILES string of the molecule is Cc1cc(=O)oc2cc(OC(=O)C34C[C@H]5C[C@@H](CC(Cl)(C5)C3)C4)ccc12. The molecule has 4 aliphatic rings. The highest BCUT2D eigenvalue weighted by Crippen LogP contribution is 2.64. The van der Waals surface area contributed by atoms with Crippen molar-refractivity contribution in [2.75, 3.05) is 0 Å². The summed E-state index contributed by atoms with van der Waals surface area (Å²) in [5.74, 6) is 1.33. The van der Waals surface area contributed by atoms with Gasteiger partial charge in [0.2, 0.25) is 0 Å². The second-order valence-corrected chi connectivity index (χ2v) is 9.49. The van der Waals surface area contributed by atoms with Crippen molar-refractivity contribution in [3.63, 3.8) is 0 Å². The molecule has 4 nitrogen and oxygen atoms in total. The molecule has 6 rings (SSSR count). The molecule has 2 aromatic rings. The number of alkyl halides is 1. The number of carbonyl (C=O) groups is 1. The smallest absolute Gasteiger partial charge is 0.336 e. The first-order valence-corrected chi connectivity index (χ1v) is 9.68. The third-order valence-corrected chi connectivity index (χ3v) is 7.00. The normalized spacial score (nSPS) is 35.0. The summed E-state index contributed by atoms with van der Waals surface area (Å²) in [6.45, 7) is 1.86. The largest absolute Gasteiger partial charge is 0.426 e. The molecule has 1 heterocycles. The van der Waals surface area contributed by atoms with Gasteiger partial charge in [-0.15, -0.1) is 11.6 Å². The van der Waals surface area contributed by atoms with E-state index in [1.54, 1.807) is 12.1 Å². The van der Waals surface area contributed by atoms with Gasteiger partial charge in [0.25, 0.3) is 0 Å². The van der Waals surface area contributed by atoms with Crippen LogP contribution >= 0.6 is 11.6 Å². The van der Waals surface area contributed by atoms with Crippen LogP contribution in [0.25, 0.3) is 11.0 Å². The lowest BCUT2D eigenvalue weighted by atomic mass is 9.49. The summed E-state index contributed by atoms with van der Waals surface area (Å²) in [6, 6.07) is 6.70. The molecule has 4 aliphatic carbocycles. The predicted molar refractivity (Wildman–Crippen MR) is 98.6 cm³/mol. The Morgan fingerprint density at radius 3 is 2.62 bits per heavy atom. The maximum absolute atomic E-state index is 13.1. The van der Waals surface area contributed by atoms with Gasteiger partial charge in [0.15, 0.2) is 0 Å². The molecule has 0 radical (unpaired) electrons. The Balaban J connectivity index is 1.45. The second kappa shape index (κ2) is 5.35. The molecule has 0 unspecified atom stereocenters. The molecule has 0 amide bonds. The first kappa shape index (κ1) is 16.4. The Bertz CT molecular complexity index is 962. The van der Waals surface area contributed by atoms with E-state index in [1.807, 2.05) is 13.0 Å². The first-order chi connectivity index (χ1) is 12.3. The topological polar surface area (TPSA) is 56.5 Å². The van der Waals surface area contributed by atoms with Gasteiger partial charge in [-0.25, -0.2) is 4.79 Å². The van der Waals surface area contributed by atoms with Crippen LogP contribution in [-0.2, 0) is 4.79 Å². The molecule has 0 aliphatic heterocycles. The number of ether oxygens (including phenoxy) is 1.